The third-order valence-electron chi connectivity index (χ3n) is 3.23. The number of nitrogens with zero attached hydrogens (tertiary/aromatic N) is 1. The van der Waals surface area contributed by atoms with Crippen molar-refractivity contribution in [2.24, 2.45) is 0 Å². The first-order valence-corrected chi connectivity index (χ1v) is 6.11. The van der Waals surface area contributed by atoms with E-state index in [0.717, 1.165) is 12.5 Å². The first kappa shape index (κ1) is 14.3. The summed E-state index contributed by atoms with van der Waals surface area (Å²) in [6, 6.07) is 3.65. The number of aliphatic carboxylic acids is 1. The van der Waals surface area contributed by atoms with Crippen molar-refractivity contribution in [1.29, 1.82) is 0 Å². The van der Waals surface area contributed by atoms with E-state index >= 15 is 0 Å². The number of fused-ring (bicyclic) bond motifs is 1. The van der Waals surface area contributed by atoms with Crippen molar-refractivity contribution in [3.8, 4) is 0 Å². The van der Waals surface area contributed by atoms with Crippen LogP contribution in [-0.2, 0) is 11.2 Å². The summed E-state index contributed by atoms with van der Waals surface area (Å²) in [6.07, 6.45) is 0.609. The zero-order valence-electron chi connectivity index (χ0n) is 10.9. The number of amides is 2. The Morgan fingerprint density at radius 1 is 1.50 bits per heavy atom. The second-order valence-corrected chi connectivity index (χ2v) is 4.91. The molecule has 1 aliphatic heterocycles. The fourth-order valence-electron chi connectivity index (χ4n) is 1.98. The number of carbonyl (C=O) groups is 2. The molecule has 0 saturated carbocycles. The highest BCUT2D eigenvalue weighted by Crippen LogP contribution is 2.28. The molecule has 2 amide bonds. The SMILES string of the molecule is CC(O)(CNC(=O)N1CCc2ccc(F)cc21)C(=O)O. The Kier molecular flexibility index (Phi) is 3.63. The van der Waals surface area contributed by atoms with Crippen LogP contribution >= 0.6 is 0 Å². The molecule has 0 aromatic heterocycles. The molecule has 0 spiro atoms. The Labute approximate surface area is 114 Å². The molecule has 1 unspecified atom stereocenters. The standard InChI is InChI=1S/C13H15FN2O4/c1-13(20,11(17)18)7-15-12(19)16-5-4-8-2-3-9(14)6-10(8)16/h2-3,6,20H,4-5,7H2,1H3,(H,15,19)(H,17,18). The van der Waals surface area contributed by atoms with Crippen LogP contribution in [0.1, 0.15) is 12.5 Å². The number of hydrogen-bond donors (Lipinski definition) is 3. The van der Waals surface area contributed by atoms with Crippen LogP contribution in [0.3, 0.4) is 0 Å². The minimum atomic E-state index is -2.04. The Morgan fingerprint density at radius 2 is 2.20 bits per heavy atom. The van der Waals surface area contributed by atoms with Gasteiger partial charge in [-0.2, -0.15) is 0 Å². The molecule has 20 heavy (non-hydrogen) atoms. The number of urea groups is 1. The van der Waals surface area contributed by atoms with Crippen LogP contribution in [0.5, 0.6) is 0 Å². The summed E-state index contributed by atoms with van der Waals surface area (Å²) in [5, 5.41) is 20.6. The molecule has 108 valence electrons. The van der Waals surface area contributed by atoms with Crippen LogP contribution in [0.2, 0.25) is 0 Å². The van der Waals surface area contributed by atoms with E-state index in [1.165, 1.54) is 17.0 Å². The van der Waals surface area contributed by atoms with Gasteiger partial charge in [0.05, 0.1) is 12.2 Å². The highest BCUT2D eigenvalue weighted by molar-refractivity contribution is 5.94. The zero-order valence-corrected chi connectivity index (χ0v) is 10.9. The lowest BCUT2D eigenvalue weighted by atomic mass is 10.1. The van der Waals surface area contributed by atoms with Gasteiger partial charge in [0.1, 0.15) is 5.82 Å². The van der Waals surface area contributed by atoms with Gasteiger partial charge >= 0.3 is 12.0 Å². The van der Waals surface area contributed by atoms with E-state index in [1.807, 2.05) is 0 Å². The van der Waals surface area contributed by atoms with Crippen molar-refractivity contribution in [2.75, 3.05) is 18.0 Å². The molecule has 6 nitrogen and oxygen atoms in total. The average molecular weight is 282 g/mol. The monoisotopic (exact) mass is 282 g/mol. The normalized spacial score (nSPS) is 16.4. The van der Waals surface area contributed by atoms with Crippen molar-refractivity contribution in [3.05, 3.63) is 29.6 Å². The number of nitrogens with one attached hydrogen (secondary N) is 1. The average Bonchev–Trinajstić information content (AvgIpc) is 2.78. The molecule has 0 fully saturated rings. The molecule has 0 saturated heterocycles. The lowest BCUT2D eigenvalue weighted by molar-refractivity contribution is -0.155. The Balaban J connectivity index is 2.06. The summed E-state index contributed by atoms with van der Waals surface area (Å²) in [5.41, 5.74) is -0.718. The van der Waals surface area contributed by atoms with E-state index in [-0.39, 0.29) is 0 Å². The molecule has 3 N–H and O–H groups in total. The molecular formula is C13H15FN2O4. The maximum atomic E-state index is 13.2. The van der Waals surface area contributed by atoms with Gasteiger partial charge in [0.2, 0.25) is 0 Å². The lowest BCUT2D eigenvalue weighted by Crippen LogP contribution is -2.50. The Hall–Kier alpha value is -2.15. The van der Waals surface area contributed by atoms with Gasteiger partial charge in [-0.05, 0) is 31.0 Å². The van der Waals surface area contributed by atoms with E-state index < -0.39 is 30.0 Å². The summed E-state index contributed by atoms with van der Waals surface area (Å²) in [7, 11) is 0. The van der Waals surface area contributed by atoms with E-state index in [0.29, 0.717) is 18.7 Å². The van der Waals surface area contributed by atoms with E-state index in [9.17, 15) is 19.1 Å². The third-order valence-corrected chi connectivity index (χ3v) is 3.23. The molecule has 1 aromatic rings. The molecular weight excluding hydrogens is 267 g/mol. The van der Waals surface area contributed by atoms with Crippen molar-refractivity contribution < 1.29 is 24.2 Å². The number of benzene rings is 1. The van der Waals surface area contributed by atoms with Gasteiger partial charge in [0.25, 0.3) is 0 Å². The highest BCUT2D eigenvalue weighted by Gasteiger charge is 2.32. The van der Waals surface area contributed by atoms with Crippen LogP contribution in [0.25, 0.3) is 0 Å². The molecule has 7 heteroatoms. The molecule has 0 aliphatic carbocycles. The summed E-state index contributed by atoms with van der Waals surface area (Å²) in [5.74, 6) is -1.87. The third kappa shape index (κ3) is 2.72. The van der Waals surface area contributed by atoms with Gasteiger partial charge in [0, 0.05) is 6.54 Å². The van der Waals surface area contributed by atoms with Crippen LogP contribution in [0, 0.1) is 5.82 Å². The van der Waals surface area contributed by atoms with Gasteiger partial charge in [-0.25, -0.2) is 14.0 Å². The summed E-state index contributed by atoms with van der Waals surface area (Å²) in [4.78, 5) is 24.0. The predicted molar refractivity (Wildman–Crippen MR) is 69.1 cm³/mol. The second-order valence-electron chi connectivity index (χ2n) is 4.91. The summed E-state index contributed by atoms with van der Waals surface area (Å²) < 4.78 is 13.2. The number of hydrogen-bond acceptors (Lipinski definition) is 3. The number of halogens is 1. The molecule has 0 bridgehead atoms. The van der Waals surface area contributed by atoms with E-state index in [1.54, 1.807) is 6.07 Å². The van der Waals surface area contributed by atoms with E-state index in [2.05, 4.69) is 5.32 Å². The molecule has 1 aromatic carbocycles. The first-order valence-electron chi connectivity index (χ1n) is 6.11. The van der Waals surface area contributed by atoms with Gasteiger partial charge in [0.15, 0.2) is 5.60 Å². The number of aliphatic hydroxyl groups is 1. The van der Waals surface area contributed by atoms with E-state index in [4.69, 9.17) is 5.11 Å². The van der Waals surface area contributed by atoms with Crippen molar-refractivity contribution >= 4 is 17.7 Å². The van der Waals surface area contributed by atoms with Crippen molar-refractivity contribution in [2.45, 2.75) is 18.9 Å². The quantitative estimate of drug-likeness (QED) is 0.762. The van der Waals surface area contributed by atoms with Crippen molar-refractivity contribution in [3.63, 3.8) is 0 Å². The number of carbonyl (C=O) groups excluding carboxylic acids is 1. The zero-order chi connectivity index (χ0) is 14.9. The van der Waals surface area contributed by atoms with Crippen LogP contribution < -0.4 is 10.2 Å². The lowest BCUT2D eigenvalue weighted by Gasteiger charge is -2.22. The Bertz CT molecular complexity index is 559. The Morgan fingerprint density at radius 3 is 2.85 bits per heavy atom. The maximum Gasteiger partial charge on any atom is 0.337 e. The molecule has 1 heterocycles. The van der Waals surface area contributed by atoms with Crippen LogP contribution in [0.4, 0.5) is 14.9 Å². The molecule has 1 aliphatic rings. The smallest absolute Gasteiger partial charge is 0.337 e. The van der Waals surface area contributed by atoms with Gasteiger partial charge in [-0.1, -0.05) is 6.07 Å². The number of anilines is 1. The largest absolute Gasteiger partial charge is 0.479 e. The second kappa shape index (κ2) is 5.09. The van der Waals surface area contributed by atoms with Crippen molar-refractivity contribution in [1.82, 2.24) is 5.32 Å². The highest BCUT2D eigenvalue weighted by atomic mass is 19.1. The van der Waals surface area contributed by atoms with Gasteiger partial charge in [-0.3, -0.25) is 4.90 Å². The summed E-state index contributed by atoms with van der Waals surface area (Å²) in [6.45, 7) is 1.05. The fourth-order valence-corrected chi connectivity index (χ4v) is 1.98. The predicted octanol–water partition coefficient (Wildman–Crippen LogP) is 0.733. The summed E-state index contributed by atoms with van der Waals surface area (Å²) >= 11 is 0. The van der Waals surface area contributed by atoms with Crippen LogP contribution in [0.15, 0.2) is 18.2 Å². The van der Waals surface area contributed by atoms with Gasteiger partial charge in [-0.15, -0.1) is 0 Å². The number of carboxylic acids is 1. The topological polar surface area (TPSA) is 89.9 Å². The molecule has 1 atom stereocenters. The van der Waals surface area contributed by atoms with Gasteiger partial charge < -0.3 is 15.5 Å². The minimum absolute atomic E-state index is 0.389. The fraction of sp³-hybridized carbons (Fsp3) is 0.385. The maximum absolute atomic E-state index is 13.2. The minimum Gasteiger partial charge on any atom is -0.479 e. The number of carboxylic acid groups (broad SMARTS) is 1. The molecule has 0 radical (unpaired) electrons. The number of rotatable bonds is 3. The van der Waals surface area contributed by atoms with Crippen LogP contribution in [-0.4, -0.2) is 40.9 Å². The first-order chi connectivity index (χ1) is 9.31. The molecule has 2 rings (SSSR count).